The van der Waals surface area contributed by atoms with Crippen molar-refractivity contribution >= 4 is 5.91 Å². The summed E-state index contributed by atoms with van der Waals surface area (Å²) in [7, 11) is 1.75. The topological polar surface area (TPSA) is 81.6 Å². The second-order valence-corrected chi connectivity index (χ2v) is 5.88. The summed E-state index contributed by atoms with van der Waals surface area (Å²) in [4.78, 5) is 13.9. The van der Waals surface area contributed by atoms with E-state index in [4.69, 9.17) is 16.2 Å². The summed E-state index contributed by atoms with van der Waals surface area (Å²) in [6, 6.07) is 0.415. The fourth-order valence-electron chi connectivity index (χ4n) is 3.38. The van der Waals surface area contributed by atoms with Gasteiger partial charge in [-0.2, -0.15) is 0 Å². The second-order valence-electron chi connectivity index (χ2n) is 5.88. The molecule has 5 heteroatoms. The van der Waals surface area contributed by atoms with Crippen molar-refractivity contribution in [1.82, 2.24) is 4.90 Å². The van der Waals surface area contributed by atoms with Crippen molar-refractivity contribution in [3.63, 3.8) is 0 Å². The van der Waals surface area contributed by atoms with E-state index in [1.165, 1.54) is 6.42 Å². The molecule has 1 heterocycles. The number of ether oxygens (including phenoxy) is 1. The molecule has 2 fully saturated rings. The summed E-state index contributed by atoms with van der Waals surface area (Å²) in [5.74, 6) is 0.275. The molecule has 1 saturated heterocycles. The number of likely N-dealkylation sites (tertiary alicyclic amines) is 1. The fraction of sp³-hybridized carbons (Fsp3) is 0.923. The van der Waals surface area contributed by atoms with Crippen LogP contribution in [0.25, 0.3) is 0 Å². The highest BCUT2D eigenvalue weighted by Gasteiger charge is 2.41. The molecule has 1 aliphatic heterocycles. The Bertz CT molecular complexity index is 311. The molecule has 0 aromatic rings. The molecule has 2 aliphatic rings. The first-order valence-electron chi connectivity index (χ1n) is 6.87. The lowest BCUT2D eigenvalue weighted by molar-refractivity contribution is -0.125. The van der Waals surface area contributed by atoms with E-state index >= 15 is 0 Å². The highest BCUT2D eigenvalue weighted by atomic mass is 16.5. The van der Waals surface area contributed by atoms with Crippen molar-refractivity contribution in [1.29, 1.82) is 0 Å². The molecule has 104 valence electrons. The standard InChI is InChI=1S/C13H25N3O2/c1-18-9-10-4-6-16(8-10)11-3-2-5-13(15,7-11)12(14)17/h10-11H,2-9,15H2,1H3,(H2,14,17). The quantitative estimate of drug-likeness (QED) is 0.745. The zero-order valence-electron chi connectivity index (χ0n) is 11.2. The third-order valence-electron chi connectivity index (χ3n) is 4.49. The first-order valence-corrected chi connectivity index (χ1v) is 6.87. The van der Waals surface area contributed by atoms with Crippen molar-refractivity contribution in [3.8, 4) is 0 Å². The van der Waals surface area contributed by atoms with Gasteiger partial charge in [0.05, 0.1) is 12.1 Å². The second kappa shape index (κ2) is 5.55. The number of amides is 1. The molecule has 18 heavy (non-hydrogen) atoms. The summed E-state index contributed by atoms with van der Waals surface area (Å²) < 4.78 is 5.22. The van der Waals surface area contributed by atoms with Crippen molar-refractivity contribution in [2.75, 3.05) is 26.8 Å². The number of rotatable bonds is 4. The molecule has 0 bridgehead atoms. The Hall–Kier alpha value is -0.650. The molecule has 5 nitrogen and oxygen atoms in total. The Morgan fingerprint density at radius 2 is 2.28 bits per heavy atom. The summed E-state index contributed by atoms with van der Waals surface area (Å²) >= 11 is 0. The molecule has 3 unspecified atom stereocenters. The molecule has 1 saturated carbocycles. The molecule has 2 rings (SSSR count). The van der Waals surface area contributed by atoms with Crippen LogP contribution in [0.3, 0.4) is 0 Å². The third-order valence-corrected chi connectivity index (χ3v) is 4.49. The number of primary amides is 1. The van der Waals surface area contributed by atoms with Gasteiger partial charge in [0, 0.05) is 19.7 Å². The normalized spacial score (nSPS) is 37.9. The molecule has 0 aromatic carbocycles. The van der Waals surface area contributed by atoms with Crippen LogP contribution in [0.5, 0.6) is 0 Å². The van der Waals surface area contributed by atoms with E-state index < -0.39 is 5.54 Å². The summed E-state index contributed by atoms with van der Waals surface area (Å²) in [6.45, 7) is 2.98. The number of methoxy groups -OCH3 is 1. The Kier molecular flexibility index (Phi) is 4.25. The minimum absolute atomic E-state index is 0.347. The van der Waals surface area contributed by atoms with Crippen LogP contribution in [0.2, 0.25) is 0 Å². The van der Waals surface area contributed by atoms with E-state index in [1.807, 2.05) is 0 Å². The molecule has 3 atom stereocenters. The number of carbonyl (C=O) groups excluding carboxylic acids is 1. The van der Waals surface area contributed by atoms with Gasteiger partial charge < -0.3 is 16.2 Å². The smallest absolute Gasteiger partial charge is 0.237 e. The van der Waals surface area contributed by atoms with Gasteiger partial charge >= 0.3 is 0 Å². The lowest BCUT2D eigenvalue weighted by Crippen LogP contribution is -2.58. The van der Waals surface area contributed by atoms with Gasteiger partial charge in [-0.1, -0.05) is 0 Å². The average Bonchev–Trinajstić information content (AvgIpc) is 2.78. The predicted molar refractivity (Wildman–Crippen MR) is 69.9 cm³/mol. The summed E-state index contributed by atoms with van der Waals surface area (Å²) in [5, 5.41) is 0. The van der Waals surface area contributed by atoms with Gasteiger partial charge in [0.25, 0.3) is 0 Å². The van der Waals surface area contributed by atoms with E-state index in [-0.39, 0.29) is 5.91 Å². The lowest BCUT2D eigenvalue weighted by Gasteiger charge is -2.39. The van der Waals surface area contributed by atoms with Crippen LogP contribution in [-0.2, 0) is 9.53 Å². The number of nitrogens with two attached hydrogens (primary N) is 2. The van der Waals surface area contributed by atoms with Crippen molar-refractivity contribution in [3.05, 3.63) is 0 Å². The van der Waals surface area contributed by atoms with E-state index in [0.29, 0.717) is 18.4 Å². The SMILES string of the molecule is COCC1CCN(C2CCCC(N)(C(N)=O)C2)C1. The minimum atomic E-state index is -0.789. The number of nitrogens with zero attached hydrogens (tertiary/aromatic N) is 1. The fourth-order valence-corrected chi connectivity index (χ4v) is 3.38. The molecule has 1 amide bonds. The van der Waals surface area contributed by atoms with Crippen molar-refractivity contribution in [2.24, 2.45) is 17.4 Å². The summed E-state index contributed by atoms with van der Waals surface area (Å²) in [5.41, 5.74) is 10.8. The maximum atomic E-state index is 11.5. The predicted octanol–water partition coefficient (Wildman–Crippen LogP) is 0.0801. The molecule has 4 N–H and O–H groups in total. The van der Waals surface area contributed by atoms with Crippen LogP contribution in [0.1, 0.15) is 32.1 Å². The van der Waals surface area contributed by atoms with Crippen LogP contribution >= 0.6 is 0 Å². The van der Waals surface area contributed by atoms with Crippen LogP contribution in [0.15, 0.2) is 0 Å². The van der Waals surface area contributed by atoms with Crippen LogP contribution < -0.4 is 11.5 Å². The van der Waals surface area contributed by atoms with Crippen molar-refractivity contribution < 1.29 is 9.53 Å². The van der Waals surface area contributed by atoms with Gasteiger partial charge in [0.1, 0.15) is 0 Å². The van der Waals surface area contributed by atoms with Gasteiger partial charge in [-0.15, -0.1) is 0 Å². The highest BCUT2D eigenvalue weighted by Crippen LogP contribution is 2.32. The molecule has 0 spiro atoms. The summed E-state index contributed by atoms with van der Waals surface area (Å²) in [6.07, 6.45) is 4.75. The van der Waals surface area contributed by atoms with Gasteiger partial charge in [-0.25, -0.2) is 0 Å². The van der Waals surface area contributed by atoms with E-state index in [0.717, 1.165) is 39.0 Å². The Morgan fingerprint density at radius 1 is 1.50 bits per heavy atom. The maximum absolute atomic E-state index is 11.5. The molecule has 0 radical (unpaired) electrons. The lowest BCUT2D eigenvalue weighted by atomic mass is 9.78. The first kappa shape index (κ1) is 13.8. The van der Waals surface area contributed by atoms with Gasteiger partial charge in [0.15, 0.2) is 0 Å². The minimum Gasteiger partial charge on any atom is -0.384 e. The van der Waals surface area contributed by atoms with Crippen LogP contribution in [-0.4, -0.2) is 49.2 Å². The van der Waals surface area contributed by atoms with Crippen LogP contribution in [0, 0.1) is 5.92 Å². The zero-order chi connectivity index (χ0) is 13.2. The van der Waals surface area contributed by atoms with E-state index in [1.54, 1.807) is 7.11 Å². The third kappa shape index (κ3) is 2.84. The molecular formula is C13H25N3O2. The number of hydrogen-bond acceptors (Lipinski definition) is 4. The van der Waals surface area contributed by atoms with Crippen molar-refractivity contribution in [2.45, 2.75) is 43.7 Å². The molecular weight excluding hydrogens is 230 g/mol. The van der Waals surface area contributed by atoms with Gasteiger partial charge in [-0.3, -0.25) is 9.69 Å². The van der Waals surface area contributed by atoms with E-state index in [9.17, 15) is 4.79 Å². The van der Waals surface area contributed by atoms with Gasteiger partial charge in [-0.05, 0) is 44.6 Å². The number of carbonyl (C=O) groups is 1. The van der Waals surface area contributed by atoms with Crippen LogP contribution in [0.4, 0.5) is 0 Å². The largest absolute Gasteiger partial charge is 0.384 e. The maximum Gasteiger partial charge on any atom is 0.237 e. The molecule has 0 aromatic heterocycles. The average molecular weight is 255 g/mol. The zero-order valence-corrected chi connectivity index (χ0v) is 11.2. The van der Waals surface area contributed by atoms with E-state index in [2.05, 4.69) is 4.90 Å². The molecule has 1 aliphatic carbocycles. The Labute approximate surface area is 109 Å². The Balaban J connectivity index is 1.92. The monoisotopic (exact) mass is 255 g/mol. The highest BCUT2D eigenvalue weighted by molar-refractivity contribution is 5.84. The first-order chi connectivity index (χ1) is 8.55. The van der Waals surface area contributed by atoms with Gasteiger partial charge in [0.2, 0.25) is 5.91 Å². The number of hydrogen-bond donors (Lipinski definition) is 2. The Morgan fingerprint density at radius 3 is 2.94 bits per heavy atom.